The number of hydrogen-bond acceptors (Lipinski definition) is 2. The number of hydrogen-bond donors (Lipinski definition) is 0. The second-order valence-corrected chi connectivity index (χ2v) is 7.67. The minimum atomic E-state index is -0.359. The Morgan fingerprint density at radius 2 is 1.48 bits per heavy atom. The Bertz CT molecular complexity index is 1080. The second-order valence-electron chi connectivity index (χ2n) is 5.84. The van der Waals surface area contributed by atoms with Gasteiger partial charge < -0.3 is 4.57 Å². The van der Waals surface area contributed by atoms with Crippen LogP contribution in [0.3, 0.4) is 0 Å². The minimum Gasteiger partial charge on any atom is -0.336 e. The number of nitro benzene ring substituents is 1. The van der Waals surface area contributed by atoms with Crippen LogP contribution in [0, 0.1) is 10.1 Å². The normalized spacial score (nSPS) is 11.3. The molecular formula is C19H12Br2N2O2. The molecule has 0 atom stereocenters. The highest BCUT2D eigenvalue weighted by Gasteiger charge is 2.13. The van der Waals surface area contributed by atoms with Crippen molar-refractivity contribution in [2.45, 2.75) is 6.54 Å². The van der Waals surface area contributed by atoms with Gasteiger partial charge in [-0.25, -0.2) is 0 Å². The molecule has 0 saturated heterocycles. The van der Waals surface area contributed by atoms with E-state index in [-0.39, 0.29) is 10.6 Å². The van der Waals surface area contributed by atoms with Crippen molar-refractivity contribution in [3.63, 3.8) is 0 Å². The first-order valence-electron chi connectivity index (χ1n) is 7.63. The summed E-state index contributed by atoms with van der Waals surface area (Å²) in [6, 6.07) is 19.2. The lowest BCUT2D eigenvalue weighted by Gasteiger charge is -2.08. The third kappa shape index (κ3) is 2.96. The summed E-state index contributed by atoms with van der Waals surface area (Å²) in [6.07, 6.45) is 0. The molecule has 25 heavy (non-hydrogen) atoms. The molecule has 124 valence electrons. The Morgan fingerprint density at radius 1 is 0.880 bits per heavy atom. The maximum Gasteiger partial charge on any atom is 0.269 e. The lowest BCUT2D eigenvalue weighted by molar-refractivity contribution is -0.384. The molecule has 6 heteroatoms. The van der Waals surface area contributed by atoms with Crippen molar-refractivity contribution in [1.82, 2.24) is 4.57 Å². The van der Waals surface area contributed by atoms with Crippen molar-refractivity contribution in [3.05, 3.63) is 85.3 Å². The number of rotatable bonds is 3. The third-order valence-electron chi connectivity index (χ3n) is 4.25. The van der Waals surface area contributed by atoms with Crippen LogP contribution in [0.2, 0.25) is 0 Å². The second kappa shape index (κ2) is 6.28. The Morgan fingerprint density at radius 3 is 2.04 bits per heavy atom. The fourth-order valence-electron chi connectivity index (χ4n) is 3.16. The number of nitrogens with zero attached hydrogens (tertiary/aromatic N) is 2. The lowest BCUT2D eigenvalue weighted by Crippen LogP contribution is -2.00. The van der Waals surface area contributed by atoms with Crippen molar-refractivity contribution in [1.29, 1.82) is 0 Å². The van der Waals surface area contributed by atoms with Crippen molar-refractivity contribution in [2.75, 3.05) is 0 Å². The van der Waals surface area contributed by atoms with E-state index in [1.54, 1.807) is 12.1 Å². The van der Waals surface area contributed by atoms with Gasteiger partial charge in [-0.15, -0.1) is 0 Å². The number of halogens is 2. The van der Waals surface area contributed by atoms with E-state index in [1.807, 2.05) is 18.2 Å². The zero-order chi connectivity index (χ0) is 17.6. The summed E-state index contributed by atoms with van der Waals surface area (Å²) in [5.41, 5.74) is 3.19. The average Bonchev–Trinajstić information content (AvgIpc) is 2.88. The smallest absolute Gasteiger partial charge is 0.269 e. The van der Waals surface area contributed by atoms with E-state index in [4.69, 9.17) is 0 Å². The monoisotopic (exact) mass is 458 g/mol. The van der Waals surface area contributed by atoms with Crippen LogP contribution in [-0.2, 0) is 6.54 Å². The molecule has 0 radical (unpaired) electrons. The molecule has 0 fully saturated rings. The largest absolute Gasteiger partial charge is 0.336 e. The Hall–Kier alpha value is -2.18. The van der Waals surface area contributed by atoms with E-state index in [0.717, 1.165) is 36.3 Å². The topological polar surface area (TPSA) is 48.1 Å². The third-order valence-corrected chi connectivity index (χ3v) is 5.24. The SMILES string of the molecule is O=[N+]([O-])c1cccc(Cn2c3cc(Br)ccc3c3ccc(Br)cc32)c1. The predicted molar refractivity (Wildman–Crippen MR) is 107 cm³/mol. The van der Waals surface area contributed by atoms with Crippen LogP contribution in [0.25, 0.3) is 21.8 Å². The number of nitro groups is 1. The highest BCUT2D eigenvalue weighted by atomic mass is 79.9. The van der Waals surface area contributed by atoms with Crippen molar-refractivity contribution in [3.8, 4) is 0 Å². The summed E-state index contributed by atoms with van der Waals surface area (Å²) in [5.74, 6) is 0. The van der Waals surface area contributed by atoms with Gasteiger partial charge in [0, 0.05) is 38.4 Å². The molecule has 1 aromatic heterocycles. The molecule has 0 spiro atoms. The van der Waals surface area contributed by atoms with E-state index in [9.17, 15) is 10.1 Å². The van der Waals surface area contributed by atoms with Gasteiger partial charge in [-0.3, -0.25) is 10.1 Å². The molecule has 4 aromatic rings. The fraction of sp³-hybridized carbons (Fsp3) is 0.0526. The summed E-state index contributed by atoms with van der Waals surface area (Å²) < 4.78 is 4.20. The van der Waals surface area contributed by atoms with Crippen LogP contribution in [0.15, 0.2) is 69.6 Å². The highest BCUT2D eigenvalue weighted by Crippen LogP contribution is 2.33. The molecule has 0 aliphatic carbocycles. The predicted octanol–water partition coefficient (Wildman–Crippen LogP) is 6.28. The van der Waals surface area contributed by atoms with Gasteiger partial charge in [0.25, 0.3) is 5.69 Å². The van der Waals surface area contributed by atoms with Gasteiger partial charge >= 0.3 is 0 Å². The molecule has 0 aliphatic heterocycles. The fourth-order valence-corrected chi connectivity index (χ4v) is 3.86. The summed E-state index contributed by atoms with van der Waals surface area (Å²) in [5, 5.41) is 13.4. The molecule has 0 saturated carbocycles. The molecule has 0 bridgehead atoms. The maximum absolute atomic E-state index is 11.1. The number of aromatic nitrogens is 1. The Kier molecular flexibility index (Phi) is 4.09. The molecule has 0 aliphatic rings. The molecule has 1 heterocycles. The van der Waals surface area contributed by atoms with Gasteiger partial charge in [-0.2, -0.15) is 0 Å². The van der Waals surface area contributed by atoms with E-state index in [1.165, 1.54) is 6.07 Å². The van der Waals surface area contributed by atoms with E-state index in [2.05, 4.69) is 60.7 Å². The van der Waals surface area contributed by atoms with Crippen molar-refractivity contribution < 1.29 is 4.92 Å². The van der Waals surface area contributed by atoms with Crippen LogP contribution < -0.4 is 0 Å². The first-order valence-corrected chi connectivity index (χ1v) is 9.22. The lowest BCUT2D eigenvalue weighted by atomic mass is 10.2. The standard InChI is InChI=1S/C19H12Br2N2O2/c20-13-4-6-16-17-7-5-14(21)10-19(17)22(18(16)9-13)11-12-2-1-3-15(8-12)23(24)25/h1-10H,11H2. The first kappa shape index (κ1) is 16.3. The van der Waals surface area contributed by atoms with Gasteiger partial charge in [0.15, 0.2) is 0 Å². The maximum atomic E-state index is 11.1. The molecule has 3 aromatic carbocycles. The number of fused-ring (bicyclic) bond motifs is 3. The highest BCUT2D eigenvalue weighted by molar-refractivity contribution is 9.10. The summed E-state index contributed by atoms with van der Waals surface area (Å²) in [6.45, 7) is 0.564. The molecule has 4 rings (SSSR count). The Balaban J connectivity index is 1.95. The van der Waals surface area contributed by atoms with Gasteiger partial charge in [0.05, 0.1) is 16.0 Å². The van der Waals surface area contributed by atoms with E-state index < -0.39 is 0 Å². The van der Waals surface area contributed by atoms with Crippen LogP contribution >= 0.6 is 31.9 Å². The molecule has 0 N–H and O–H groups in total. The van der Waals surface area contributed by atoms with Gasteiger partial charge in [0.1, 0.15) is 0 Å². The van der Waals surface area contributed by atoms with Crippen LogP contribution in [0.1, 0.15) is 5.56 Å². The van der Waals surface area contributed by atoms with Crippen molar-refractivity contribution in [2.24, 2.45) is 0 Å². The number of benzene rings is 3. The van der Waals surface area contributed by atoms with Gasteiger partial charge in [0.2, 0.25) is 0 Å². The van der Waals surface area contributed by atoms with Crippen LogP contribution in [-0.4, -0.2) is 9.49 Å². The minimum absolute atomic E-state index is 0.112. The van der Waals surface area contributed by atoms with Crippen LogP contribution in [0.5, 0.6) is 0 Å². The van der Waals surface area contributed by atoms with Gasteiger partial charge in [-0.1, -0.05) is 56.1 Å². The number of non-ortho nitro benzene ring substituents is 1. The quantitative estimate of drug-likeness (QED) is 0.267. The average molecular weight is 460 g/mol. The summed E-state index contributed by atoms with van der Waals surface area (Å²) in [7, 11) is 0. The van der Waals surface area contributed by atoms with E-state index >= 15 is 0 Å². The summed E-state index contributed by atoms with van der Waals surface area (Å²) >= 11 is 7.09. The van der Waals surface area contributed by atoms with Crippen LogP contribution in [0.4, 0.5) is 5.69 Å². The van der Waals surface area contributed by atoms with Crippen molar-refractivity contribution >= 4 is 59.4 Å². The first-order chi connectivity index (χ1) is 12.0. The van der Waals surface area contributed by atoms with Gasteiger partial charge in [-0.05, 0) is 29.8 Å². The zero-order valence-electron chi connectivity index (χ0n) is 12.9. The van der Waals surface area contributed by atoms with E-state index in [0.29, 0.717) is 6.54 Å². The zero-order valence-corrected chi connectivity index (χ0v) is 16.1. The Labute approximate surface area is 160 Å². The molecule has 4 nitrogen and oxygen atoms in total. The summed E-state index contributed by atoms with van der Waals surface area (Å²) in [4.78, 5) is 10.7. The molecule has 0 amide bonds. The molecular weight excluding hydrogens is 448 g/mol. The molecule has 0 unspecified atom stereocenters.